The molecule has 2 rings (SSSR count). The number of ether oxygens (including phenoxy) is 3. The predicted octanol–water partition coefficient (Wildman–Crippen LogP) is 1.79. The van der Waals surface area contributed by atoms with Crippen LogP contribution in [-0.4, -0.2) is 19.0 Å². The van der Waals surface area contributed by atoms with Gasteiger partial charge in [-0.15, -0.1) is 0 Å². The Balaban J connectivity index is 2.61. The maximum absolute atomic E-state index is 10.2. The number of hydrogen-bond acceptors (Lipinski definition) is 4. The summed E-state index contributed by atoms with van der Waals surface area (Å²) in [5.41, 5.74) is 0.603. The third-order valence-corrected chi connectivity index (χ3v) is 2.61. The lowest BCUT2D eigenvalue weighted by molar-refractivity contribution is -0.0205. The summed E-state index contributed by atoms with van der Waals surface area (Å²) in [4.78, 5) is 0. The van der Waals surface area contributed by atoms with E-state index in [1.54, 1.807) is 27.0 Å². The second-order valence-electron chi connectivity index (χ2n) is 4.29. The molecule has 0 amide bonds. The molecule has 0 aliphatic carbocycles. The lowest BCUT2D eigenvalue weighted by atomic mass is 9.91. The molecule has 0 bridgehead atoms. The molecule has 1 aliphatic rings. The van der Waals surface area contributed by atoms with Crippen molar-refractivity contribution in [2.45, 2.75) is 26.1 Å². The van der Waals surface area contributed by atoms with Crippen molar-refractivity contribution in [2.24, 2.45) is 0 Å². The van der Waals surface area contributed by atoms with Gasteiger partial charge in [0.25, 0.3) is 0 Å². The molecular weight excluding hydrogens is 208 g/mol. The fourth-order valence-corrected chi connectivity index (χ4v) is 1.98. The van der Waals surface area contributed by atoms with Gasteiger partial charge in [0.05, 0.1) is 19.3 Å². The van der Waals surface area contributed by atoms with Gasteiger partial charge < -0.3 is 19.3 Å². The molecule has 0 unspecified atom stereocenters. The Labute approximate surface area is 94.8 Å². The van der Waals surface area contributed by atoms with Crippen LogP contribution in [0.25, 0.3) is 0 Å². The maximum atomic E-state index is 10.2. The van der Waals surface area contributed by atoms with Crippen molar-refractivity contribution >= 4 is 0 Å². The zero-order valence-electron chi connectivity index (χ0n) is 9.74. The minimum absolute atomic E-state index is 0.255. The highest BCUT2D eigenvalue weighted by Gasteiger charge is 2.28. The summed E-state index contributed by atoms with van der Waals surface area (Å²) in [6, 6.07) is 3.64. The second-order valence-corrected chi connectivity index (χ2v) is 4.29. The van der Waals surface area contributed by atoms with Crippen molar-refractivity contribution in [3.05, 3.63) is 23.3 Å². The number of fused-ring (bicyclic) bond motifs is 1. The highest BCUT2D eigenvalue weighted by atomic mass is 16.7. The highest BCUT2D eigenvalue weighted by molar-refractivity contribution is 5.51. The second kappa shape index (κ2) is 3.96. The number of hydrogen-bond donors (Lipinski definition) is 1. The largest absolute Gasteiger partial charge is 0.496 e. The Bertz CT molecular complexity index is 393. The van der Waals surface area contributed by atoms with Gasteiger partial charge in [0.1, 0.15) is 11.5 Å². The van der Waals surface area contributed by atoms with Crippen LogP contribution in [0.4, 0.5) is 0 Å². The number of benzene rings is 1. The van der Waals surface area contributed by atoms with Crippen LogP contribution in [0, 0.1) is 0 Å². The van der Waals surface area contributed by atoms with E-state index >= 15 is 0 Å². The monoisotopic (exact) mass is 224 g/mol. The molecule has 1 N–H and O–H groups in total. The standard InChI is InChI=1S/C12H16O4/c1-12(2,13)11-8-6-15-7-16-9(8)4-5-10(11)14-3/h4-5,13H,6-7H2,1-3H3. The molecule has 4 heteroatoms. The predicted molar refractivity (Wildman–Crippen MR) is 58.5 cm³/mol. The van der Waals surface area contributed by atoms with Gasteiger partial charge in [-0.2, -0.15) is 0 Å². The summed E-state index contributed by atoms with van der Waals surface area (Å²) in [5, 5.41) is 10.2. The molecule has 0 aromatic heterocycles. The normalized spacial score (nSPS) is 15.2. The summed E-state index contributed by atoms with van der Waals surface area (Å²) < 4.78 is 15.9. The smallest absolute Gasteiger partial charge is 0.189 e. The molecule has 1 aromatic carbocycles. The molecule has 0 fully saturated rings. The molecular formula is C12H16O4. The van der Waals surface area contributed by atoms with Gasteiger partial charge in [-0.3, -0.25) is 0 Å². The summed E-state index contributed by atoms with van der Waals surface area (Å²) in [7, 11) is 1.58. The van der Waals surface area contributed by atoms with Gasteiger partial charge in [0.2, 0.25) is 0 Å². The fraction of sp³-hybridized carbons (Fsp3) is 0.500. The molecule has 16 heavy (non-hydrogen) atoms. The Morgan fingerprint density at radius 1 is 1.38 bits per heavy atom. The molecule has 1 aromatic rings. The molecule has 0 saturated carbocycles. The van der Waals surface area contributed by atoms with Gasteiger partial charge in [-0.25, -0.2) is 0 Å². The Morgan fingerprint density at radius 3 is 2.75 bits per heavy atom. The summed E-state index contributed by atoms with van der Waals surface area (Å²) in [6.45, 7) is 4.13. The summed E-state index contributed by atoms with van der Waals surface area (Å²) >= 11 is 0. The zero-order chi connectivity index (χ0) is 11.8. The van der Waals surface area contributed by atoms with Gasteiger partial charge in [-0.1, -0.05) is 0 Å². The van der Waals surface area contributed by atoms with Crippen molar-refractivity contribution in [3.63, 3.8) is 0 Å². The first-order chi connectivity index (χ1) is 7.54. The molecule has 88 valence electrons. The first kappa shape index (κ1) is 11.2. The minimum Gasteiger partial charge on any atom is -0.496 e. The van der Waals surface area contributed by atoms with Crippen molar-refractivity contribution in [2.75, 3.05) is 13.9 Å². The van der Waals surface area contributed by atoms with Crippen molar-refractivity contribution in [1.29, 1.82) is 0 Å². The van der Waals surface area contributed by atoms with E-state index in [4.69, 9.17) is 14.2 Å². The minimum atomic E-state index is -0.985. The molecule has 0 spiro atoms. The fourth-order valence-electron chi connectivity index (χ4n) is 1.98. The van der Waals surface area contributed by atoms with Crippen LogP contribution in [0.2, 0.25) is 0 Å². The van der Waals surface area contributed by atoms with Gasteiger partial charge >= 0.3 is 0 Å². The van der Waals surface area contributed by atoms with Crippen molar-refractivity contribution < 1.29 is 19.3 Å². The van der Waals surface area contributed by atoms with Crippen LogP contribution < -0.4 is 9.47 Å². The van der Waals surface area contributed by atoms with Crippen LogP contribution in [-0.2, 0) is 16.9 Å². The van der Waals surface area contributed by atoms with Crippen LogP contribution >= 0.6 is 0 Å². The Morgan fingerprint density at radius 2 is 2.12 bits per heavy atom. The van der Waals surface area contributed by atoms with Crippen LogP contribution in [0.1, 0.15) is 25.0 Å². The lowest BCUT2D eigenvalue weighted by Gasteiger charge is -2.28. The highest BCUT2D eigenvalue weighted by Crippen LogP contribution is 2.39. The average molecular weight is 224 g/mol. The molecule has 1 aliphatic heterocycles. The van der Waals surface area contributed by atoms with Gasteiger partial charge in [-0.05, 0) is 26.0 Å². The van der Waals surface area contributed by atoms with E-state index < -0.39 is 5.60 Å². The number of rotatable bonds is 2. The van der Waals surface area contributed by atoms with E-state index in [-0.39, 0.29) is 6.79 Å². The van der Waals surface area contributed by atoms with Crippen LogP contribution in [0.5, 0.6) is 11.5 Å². The number of aliphatic hydroxyl groups is 1. The molecule has 1 heterocycles. The SMILES string of the molecule is COc1ccc2c(c1C(C)(C)O)COCO2. The van der Waals surface area contributed by atoms with E-state index in [0.717, 1.165) is 16.9 Å². The van der Waals surface area contributed by atoms with E-state index in [0.29, 0.717) is 12.4 Å². The maximum Gasteiger partial charge on any atom is 0.189 e. The Hall–Kier alpha value is -1.26. The molecule has 4 nitrogen and oxygen atoms in total. The van der Waals surface area contributed by atoms with Crippen LogP contribution in [0.15, 0.2) is 12.1 Å². The van der Waals surface area contributed by atoms with Crippen molar-refractivity contribution in [1.82, 2.24) is 0 Å². The third kappa shape index (κ3) is 1.86. The topological polar surface area (TPSA) is 47.9 Å². The summed E-state index contributed by atoms with van der Waals surface area (Å²) in [6.07, 6.45) is 0. The van der Waals surface area contributed by atoms with Gasteiger partial charge in [0.15, 0.2) is 6.79 Å². The summed E-state index contributed by atoms with van der Waals surface area (Å²) in [5.74, 6) is 1.41. The first-order valence-electron chi connectivity index (χ1n) is 5.17. The van der Waals surface area contributed by atoms with Crippen LogP contribution in [0.3, 0.4) is 0 Å². The number of methoxy groups -OCH3 is 1. The van der Waals surface area contributed by atoms with Crippen molar-refractivity contribution in [3.8, 4) is 11.5 Å². The molecule has 0 radical (unpaired) electrons. The third-order valence-electron chi connectivity index (χ3n) is 2.61. The average Bonchev–Trinajstić information content (AvgIpc) is 2.26. The quantitative estimate of drug-likeness (QED) is 0.832. The molecule has 0 atom stereocenters. The molecule has 0 saturated heterocycles. The van der Waals surface area contributed by atoms with E-state index in [9.17, 15) is 5.11 Å². The lowest BCUT2D eigenvalue weighted by Crippen LogP contribution is -2.23. The Kier molecular flexibility index (Phi) is 2.78. The van der Waals surface area contributed by atoms with E-state index in [1.807, 2.05) is 6.07 Å². The zero-order valence-corrected chi connectivity index (χ0v) is 9.74. The van der Waals surface area contributed by atoms with E-state index in [2.05, 4.69) is 0 Å². The van der Waals surface area contributed by atoms with E-state index in [1.165, 1.54) is 0 Å². The first-order valence-corrected chi connectivity index (χ1v) is 5.17. The van der Waals surface area contributed by atoms with Gasteiger partial charge in [0, 0.05) is 11.1 Å².